The molecule has 32 heavy (non-hydrogen) atoms. The molecule has 0 aliphatic heterocycles. The quantitative estimate of drug-likeness (QED) is 0.345. The van der Waals surface area contributed by atoms with Crippen molar-refractivity contribution in [3.05, 3.63) is 60.2 Å². The Balaban J connectivity index is 1.38. The number of esters is 1. The Morgan fingerprint density at radius 3 is 2.59 bits per heavy atom. The van der Waals surface area contributed by atoms with Crippen molar-refractivity contribution < 1.29 is 14.3 Å². The molecule has 3 atom stereocenters. The minimum absolute atomic E-state index is 0.00371. The van der Waals surface area contributed by atoms with Gasteiger partial charge in [0.1, 0.15) is 17.6 Å². The fourth-order valence-corrected chi connectivity index (χ4v) is 4.41. The second kappa shape index (κ2) is 9.44. The minimum Gasteiger partial charge on any atom is -0.457 e. The Kier molecular flexibility index (Phi) is 6.45. The van der Waals surface area contributed by atoms with Crippen LogP contribution in [0.4, 0.5) is 0 Å². The highest BCUT2D eigenvalue weighted by Gasteiger charge is 2.62. The average molecular weight is 432 g/mol. The standard InChI is InChI=1S/C26H29N3O3/c1-26(2)22(17-28-29-19-10-6-7-11-19)24(26)25(30)32-23(16-27)18-9-8-14-21(15-18)31-20-12-4-3-5-13-20/h3-5,8-9,12-15,17,19,22-24,29H,6-7,10-11H2,1-2H3/t22-,23?,24-/m0/s1. The summed E-state index contributed by atoms with van der Waals surface area (Å²) in [5, 5.41) is 14.1. The molecule has 1 N–H and O–H groups in total. The van der Waals surface area contributed by atoms with Crippen molar-refractivity contribution in [2.75, 3.05) is 0 Å². The number of benzene rings is 2. The number of para-hydroxylation sites is 1. The SMILES string of the molecule is CC1(C)[C@H](C(=O)OC(C#N)c2cccc(Oc3ccccc3)c2)[C@@H]1C=NNC1CCCC1. The molecule has 0 amide bonds. The van der Waals surface area contributed by atoms with E-state index in [2.05, 4.69) is 16.6 Å². The molecule has 166 valence electrons. The van der Waals surface area contributed by atoms with E-state index < -0.39 is 6.10 Å². The van der Waals surface area contributed by atoms with Crippen molar-refractivity contribution in [3.63, 3.8) is 0 Å². The molecule has 2 aliphatic carbocycles. The molecule has 2 aromatic rings. The summed E-state index contributed by atoms with van der Waals surface area (Å²) in [5.41, 5.74) is 3.55. The van der Waals surface area contributed by atoms with E-state index >= 15 is 0 Å². The summed E-state index contributed by atoms with van der Waals surface area (Å²) in [4.78, 5) is 12.9. The average Bonchev–Trinajstić information content (AvgIpc) is 3.11. The van der Waals surface area contributed by atoms with Crippen molar-refractivity contribution >= 4 is 12.2 Å². The van der Waals surface area contributed by atoms with Gasteiger partial charge in [0.25, 0.3) is 0 Å². The van der Waals surface area contributed by atoms with Crippen molar-refractivity contribution in [2.24, 2.45) is 22.4 Å². The minimum atomic E-state index is -0.993. The predicted molar refractivity (Wildman–Crippen MR) is 122 cm³/mol. The zero-order chi connectivity index (χ0) is 22.6. The molecule has 1 unspecified atom stereocenters. The molecule has 0 radical (unpaired) electrons. The van der Waals surface area contributed by atoms with E-state index in [0.29, 0.717) is 23.1 Å². The largest absolute Gasteiger partial charge is 0.457 e. The monoisotopic (exact) mass is 431 g/mol. The Morgan fingerprint density at radius 1 is 1.16 bits per heavy atom. The summed E-state index contributed by atoms with van der Waals surface area (Å²) in [6, 6.07) is 19.0. The Bertz CT molecular complexity index is 1010. The van der Waals surface area contributed by atoms with Crippen LogP contribution in [0.25, 0.3) is 0 Å². The van der Waals surface area contributed by atoms with Crippen LogP contribution < -0.4 is 10.2 Å². The molecule has 2 saturated carbocycles. The van der Waals surface area contributed by atoms with Crippen LogP contribution in [0.1, 0.15) is 51.2 Å². The van der Waals surface area contributed by atoms with Gasteiger partial charge in [0, 0.05) is 23.7 Å². The van der Waals surface area contributed by atoms with Gasteiger partial charge in [0.15, 0.2) is 0 Å². The van der Waals surface area contributed by atoms with Crippen molar-refractivity contribution in [3.8, 4) is 17.6 Å². The summed E-state index contributed by atoms with van der Waals surface area (Å²) in [6.07, 6.45) is 5.61. The normalized spacial score (nSPS) is 22.8. The molecule has 2 aromatic carbocycles. The van der Waals surface area contributed by atoms with Gasteiger partial charge >= 0.3 is 5.97 Å². The number of carbonyl (C=O) groups is 1. The van der Waals surface area contributed by atoms with Crippen molar-refractivity contribution in [1.29, 1.82) is 5.26 Å². The molecule has 0 bridgehead atoms. The van der Waals surface area contributed by atoms with E-state index in [9.17, 15) is 10.1 Å². The van der Waals surface area contributed by atoms with Gasteiger partial charge in [-0.25, -0.2) is 0 Å². The van der Waals surface area contributed by atoms with Crippen molar-refractivity contribution in [2.45, 2.75) is 51.7 Å². The van der Waals surface area contributed by atoms with Gasteiger partial charge in [-0.1, -0.05) is 57.0 Å². The van der Waals surface area contributed by atoms with E-state index in [1.807, 2.05) is 50.4 Å². The molecule has 2 fully saturated rings. The van der Waals surface area contributed by atoms with Gasteiger partial charge in [0.2, 0.25) is 6.10 Å². The summed E-state index contributed by atoms with van der Waals surface area (Å²) < 4.78 is 11.5. The lowest BCUT2D eigenvalue weighted by molar-refractivity contribution is -0.149. The zero-order valence-corrected chi connectivity index (χ0v) is 18.5. The highest BCUT2D eigenvalue weighted by molar-refractivity contribution is 5.85. The van der Waals surface area contributed by atoms with Crippen LogP contribution in [0.3, 0.4) is 0 Å². The smallest absolute Gasteiger partial charge is 0.311 e. The maximum atomic E-state index is 12.9. The molecule has 6 nitrogen and oxygen atoms in total. The van der Waals surface area contributed by atoms with Gasteiger partial charge in [-0.05, 0) is 42.5 Å². The van der Waals surface area contributed by atoms with E-state index in [0.717, 1.165) is 12.8 Å². The highest BCUT2D eigenvalue weighted by Crippen LogP contribution is 2.58. The molecule has 2 aliphatic rings. The van der Waals surface area contributed by atoms with Crippen LogP contribution in [0.5, 0.6) is 11.5 Å². The first-order valence-electron chi connectivity index (χ1n) is 11.2. The molecule has 0 heterocycles. The van der Waals surface area contributed by atoms with Gasteiger partial charge in [0.05, 0.1) is 5.92 Å². The third-order valence-corrected chi connectivity index (χ3v) is 6.50. The third-order valence-electron chi connectivity index (χ3n) is 6.50. The lowest BCUT2D eigenvalue weighted by Gasteiger charge is -2.13. The molecule has 0 spiro atoms. The molecule has 0 saturated heterocycles. The number of hydrazone groups is 1. The number of nitriles is 1. The topological polar surface area (TPSA) is 83.7 Å². The van der Waals surface area contributed by atoms with Crippen LogP contribution in [-0.2, 0) is 9.53 Å². The first-order valence-corrected chi connectivity index (χ1v) is 11.2. The molecule has 4 rings (SSSR count). The second-order valence-electron chi connectivity index (χ2n) is 9.15. The number of carbonyl (C=O) groups excluding carboxylic acids is 1. The first kappa shape index (κ1) is 21.9. The van der Waals surface area contributed by atoms with Gasteiger partial charge in [-0.2, -0.15) is 10.4 Å². The van der Waals surface area contributed by atoms with Crippen LogP contribution in [0.15, 0.2) is 59.7 Å². The zero-order valence-electron chi connectivity index (χ0n) is 18.5. The number of ether oxygens (including phenoxy) is 2. The summed E-state index contributed by atoms with van der Waals surface area (Å²) >= 11 is 0. The van der Waals surface area contributed by atoms with E-state index in [-0.39, 0.29) is 23.2 Å². The van der Waals surface area contributed by atoms with Crippen LogP contribution in [0, 0.1) is 28.6 Å². The van der Waals surface area contributed by atoms with E-state index in [1.54, 1.807) is 24.3 Å². The van der Waals surface area contributed by atoms with Crippen LogP contribution in [-0.4, -0.2) is 18.2 Å². The molecule has 0 aromatic heterocycles. The summed E-state index contributed by atoms with van der Waals surface area (Å²) in [7, 11) is 0. The lowest BCUT2D eigenvalue weighted by atomic mass is 10.1. The molecular weight excluding hydrogens is 402 g/mol. The Morgan fingerprint density at radius 2 is 1.88 bits per heavy atom. The van der Waals surface area contributed by atoms with E-state index in [4.69, 9.17) is 9.47 Å². The fourth-order valence-electron chi connectivity index (χ4n) is 4.41. The van der Waals surface area contributed by atoms with E-state index in [1.165, 1.54) is 12.8 Å². The summed E-state index contributed by atoms with van der Waals surface area (Å²) in [6.45, 7) is 4.06. The number of nitrogens with one attached hydrogen (secondary N) is 1. The molecular formula is C26H29N3O3. The van der Waals surface area contributed by atoms with Crippen LogP contribution >= 0.6 is 0 Å². The lowest BCUT2D eigenvalue weighted by Crippen LogP contribution is -2.20. The molecule has 6 heteroatoms. The summed E-state index contributed by atoms with van der Waals surface area (Å²) in [5.74, 6) is 0.600. The maximum Gasteiger partial charge on any atom is 0.311 e. The maximum absolute atomic E-state index is 12.9. The third kappa shape index (κ3) is 4.94. The second-order valence-corrected chi connectivity index (χ2v) is 9.15. The Labute approximate surface area is 189 Å². The van der Waals surface area contributed by atoms with Crippen molar-refractivity contribution in [1.82, 2.24) is 5.43 Å². The highest BCUT2D eigenvalue weighted by atomic mass is 16.5. The van der Waals surface area contributed by atoms with Gasteiger partial charge in [-0.3, -0.25) is 4.79 Å². The number of nitrogens with zero attached hydrogens (tertiary/aromatic N) is 2. The van der Waals surface area contributed by atoms with Gasteiger partial charge in [-0.15, -0.1) is 0 Å². The van der Waals surface area contributed by atoms with Crippen LogP contribution in [0.2, 0.25) is 0 Å². The first-order chi connectivity index (χ1) is 15.5. The fraction of sp³-hybridized carbons (Fsp3) is 0.423. The predicted octanol–water partition coefficient (Wildman–Crippen LogP) is 5.38. The Hall–Kier alpha value is -3.33. The number of hydrogen-bond acceptors (Lipinski definition) is 6. The number of rotatable bonds is 8. The number of hydrogen-bond donors (Lipinski definition) is 1. The van der Waals surface area contributed by atoms with Gasteiger partial charge < -0.3 is 14.9 Å².